The molecule has 0 aliphatic heterocycles. The van der Waals surface area contributed by atoms with Crippen molar-refractivity contribution >= 4 is 33.6 Å². The number of isocyanates is 1. The van der Waals surface area contributed by atoms with E-state index in [9.17, 15) is 18.0 Å². The standard InChI is InChI=1S/C17H15ClN2O5S/c1-25-16-7-4-13(18)10-15(16)17(22)19-9-8-12-2-5-14(6-3-12)26(23,24)20-11-21/h2-7,10H,8-9H2,1H3,(H,19,22)/p+1. The molecule has 2 aromatic rings. The predicted octanol–water partition coefficient (Wildman–Crippen LogP) is 0.426. The molecule has 0 spiro atoms. The third-order valence-electron chi connectivity index (χ3n) is 3.52. The lowest BCUT2D eigenvalue weighted by Gasteiger charge is -2.10. The molecule has 0 saturated heterocycles. The lowest BCUT2D eigenvalue weighted by molar-refractivity contribution is -0.264. The van der Waals surface area contributed by atoms with Crippen LogP contribution in [0.3, 0.4) is 0 Å². The van der Waals surface area contributed by atoms with Gasteiger partial charge in [-0.05, 0) is 46.7 Å². The Balaban J connectivity index is 1.99. The van der Waals surface area contributed by atoms with Crippen LogP contribution >= 0.6 is 11.6 Å². The van der Waals surface area contributed by atoms with Crippen LogP contribution in [0.5, 0.6) is 5.75 Å². The van der Waals surface area contributed by atoms with Gasteiger partial charge >= 0.3 is 16.1 Å². The molecule has 2 aromatic carbocycles. The number of ether oxygens (including phenoxy) is 1. The maximum absolute atomic E-state index is 12.3. The molecule has 0 bridgehead atoms. The Morgan fingerprint density at radius 2 is 1.92 bits per heavy atom. The van der Waals surface area contributed by atoms with Crippen LogP contribution in [0.15, 0.2) is 47.4 Å². The van der Waals surface area contributed by atoms with Gasteiger partial charge in [-0.25, -0.2) is 0 Å². The van der Waals surface area contributed by atoms with Gasteiger partial charge in [-0.3, -0.25) is 4.79 Å². The maximum atomic E-state index is 12.3. The number of carbonyl (C=O) groups excluding carboxylic acids is 2. The summed E-state index contributed by atoms with van der Waals surface area (Å²) < 4.78 is 30.1. The normalized spacial score (nSPS) is 10.7. The molecular formula is C17H16ClN2O5S+. The molecule has 26 heavy (non-hydrogen) atoms. The second-order valence-corrected chi connectivity index (χ2v) is 7.32. The minimum atomic E-state index is -3.88. The van der Waals surface area contributed by atoms with Gasteiger partial charge in [0.2, 0.25) is 0 Å². The lowest BCUT2D eigenvalue weighted by atomic mass is 10.1. The van der Waals surface area contributed by atoms with Gasteiger partial charge in [-0.1, -0.05) is 23.7 Å². The average molecular weight is 396 g/mol. The van der Waals surface area contributed by atoms with Crippen molar-refractivity contribution in [3.63, 3.8) is 0 Å². The summed E-state index contributed by atoms with van der Waals surface area (Å²) in [6.45, 7) is 0.334. The van der Waals surface area contributed by atoms with Crippen molar-refractivity contribution in [1.82, 2.24) is 5.32 Å². The van der Waals surface area contributed by atoms with E-state index in [1.807, 2.05) is 0 Å². The summed E-state index contributed by atoms with van der Waals surface area (Å²) >= 11 is 5.91. The van der Waals surface area contributed by atoms with Crippen LogP contribution in [-0.2, 0) is 21.2 Å². The monoisotopic (exact) mass is 395 g/mol. The predicted molar refractivity (Wildman–Crippen MR) is 94.3 cm³/mol. The van der Waals surface area contributed by atoms with E-state index in [-0.39, 0.29) is 10.8 Å². The highest BCUT2D eigenvalue weighted by atomic mass is 35.5. The van der Waals surface area contributed by atoms with Gasteiger partial charge in [0.1, 0.15) is 10.6 Å². The molecule has 0 radical (unpaired) electrons. The molecule has 0 heterocycles. The van der Waals surface area contributed by atoms with E-state index < -0.39 is 10.0 Å². The number of sulfonamides is 1. The second kappa shape index (κ2) is 8.62. The first-order chi connectivity index (χ1) is 12.4. The molecule has 0 aromatic heterocycles. The summed E-state index contributed by atoms with van der Waals surface area (Å²) in [7, 11) is -2.41. The van der Waals surface area contributed by atoms with Crippen LogP contribution in [0.4, 0.5) is 0 Å². The zero-order valence-electron chi connectivity index (χ0n) is 13.8. The Bertz CT molecular complexity index is 952. The van der Waals surface area contributed by atoms with E-state index in [4.69, 9.17) is 16.3 Å². The summed E-state index contributed by atoms with van der Waals surface area (Å²) in [5.41, 5.74) is 1.15. The number of halogens is 1. The molecule has 0 atom stereocenters. The zero-order chi connectivity index (χ0) is 19.2. The molecular weight excluding hydrogens is 380 g/mol. The third kappa shape index (κ3) is 4.92. The minimum Gasteiger partial charge on any atom is -0.496 e. The summed E-state index contributed by atoms with van der Waals surface area (Å²) in [5.74, 6) is 0.0928. The SMILES string of the molecule is COc1ccc(Cl)cc1C(=O)NCCc1ccc(S(=O)(=O)[NH+]=C=O)cc1. The third-order valence-corrected chi connectivity index (χ3v) is 4.99. The van der Waals surface area contributed by atoms with Gasteiger partial charge in [-0.2, -0.15) is 13.2 Å². The number of methoxy groups -OCH3 is 1. The molecule has 0 saturated carbocycles. The minimum absolute atomic E-state index is 0.0442. The van der Waals surface area contributed by atoms with E-state index in [0.29, 0.717) is 29.3 Å². The van der Waals surface area contributed by atoms with E-state index in [1.165, 1.54) is 25.3 Å². The van der Waals surface area contributed by atoms with Crippen molar-refractivity contribution in [1.29, 1.82) is 0 Å². The Hall–Kier alpha value is -2.67. The van der Waals surface area contributed by atoms with E-state index in [0.717, 1.165) is 11.6 Å². The first-order valence-electron chi connectivity index (χ1n) is 7.47. The lowest BCUT2D eigenvalue weighted by Crippen LogP contribution is -2.71. The molecule has 9 heteroatoms. The Morgan fingerprint density at radius 3 is 2.54 bits per heavy atom. The molecule has 0 unspecified atom stereocenters. The molecule has 7 nitrogen and oxygen atoms in total. The van der Waals surface area contributed by atoms with Crippen molar-refractivity contribution in [3.05, 3.63) is 58.6 Å². The second-order valence-electron chi connectivity index (χ2n) is 5.20. The van der Waals surface area contributed by atoms with E-state index >= 15 is 0 Å². The van der Waals surface area contributed by atoms with E-state index in [1.54, 1.807) is 28.7 Å². The number of rotatable bonds is 7. The highest BCUT2D eigenvalue weighted by molar-refractivity contribution is 7.84. The van der Waals surface area contributed by atoms with E-state index in [2.05, 4.69) is 5.32 Å². The van der Waals surface area contributed by atoms with Gasteiger partial charge in [0.05, 0.1) is 12.7 Å². The van der Waals surface area contributed by atoms with Gasteiger partial charge in [0.15, 0.2) is 0 Å². The number of hydrogen-bond acceptors (Lipinski definition) is 5. The van der Waals surface area contributed by atoms with Crippen LogP contribution < -0.4 is 14.5 Å². The number of carbonyl (C=O) groups is 1. The molecule has 2 N–H and O–H groups in total. The fourth-order valence-corrected chi connectivity index (χ4v) is 3.12. The van der Waals surface area contributed by atoms with Crippen molar-refractivity contribution in [2.75, 3.05) is 13.7 Å². The molecule has 0 fully saturated rings. The molecule has 136 valence electrons. The topological polar surface area (TPSA) is 104 Å². The first kappa shape index (κ1) is 19.7. The number of hydrogen-bond donors (Lipinski definition) is 2. The average Bonchev–Trinajstić information content (AvgIpc) is 2.62. The van der Waals surface area contributed by atoms with Crippen molar-refractivity contribution in [3.8, 4) is 5.75 Å². The van der Waals surface area contributed by atoms with Crippen LogP contribution in [0.25, 0.3) is 0 Å². The molecule has 1 amide bonds. The first-order valence-corrected chi connectivity index (χ1v) is 9.33. The van der Waals surface area contributed by atoms with Crippen LogP contribution in [0, 0.1) is 0 Å². The summed E-state index contributed by atoms with van der Waals surface area (Å²) in [5, 5.41) is 3.18. The smallest absolute Gasteiger partial charge is 0.441 e. The zero-order valence-corrected chi connectivity index (χ0v) is 15.4. The van der Waals surface area contributed by atoms with Crippen molar-refractivity contribution in [2.24, 2.45) is 0 Å². The van der Waals surface area contributed by atoms with Crippen LogP contribution in [0.1, 0.15) is 15.9 Å². The number of nitrogens with one attached hydrogen (secondary N) is 2. The van der Waals surface area contributed by atoms with Crippen molar-refractivity contribution in [2.45, 2.75) is 11.3 Å². The van der Waals surface area contributed by atoms with Crippen molar-refractivity contribution < 1.29 is 27.1 Å². The Morgan fingerprint density at radius 1 is 1.23 bits per heavy atom. The molecule has 2 rings (SSSR count). The molecule has 0 aliphatic carbocycles. The Labute approximate surface area is 155 Å². The highest BCUT2D eigenvalue weighted by Gasteiger charge is 2.18. The van der Waals surface area contributed by atoms with Gasteiger partial charge in [0.25, 0.3) is 5.91 Å². The fraction of sp³-hybridized carbons (Fsp3) is 0.176. The Kier molecular flexibility index (Phi) is 6.52. The van der Waals surface area contributed by atoms with Gasteiger partial charge in [-0.15, -0.1) is 0 Å². The highest BCUT2D eigenvalue weighted by Crippen LogP contribution is 2.22. The van der Waals surface area contributed by atoms with Crippen LogP contribution in [0.2, 0.25) is 5.02 Å². The summed E-state index contributed by atoms with van der Waals surface area (Å²) in [6.07, 6.45) is 1.63. The van der Waals surface area contributed by atoms with Gasteiger partial charge in [0, 0.05) is 11.6 Å². The largest absolute Gasteiger partial charge is 0.496 e. The quantitative estimate of drug-likeness (QED) is 0.522. The summed E-state index contributed by atoms with van der Waals surface area (Å²) in [4.78, 5) is 22.4. The number of amides is 1. The summed E-state index contributed by atoms with van der Waals surface area (Å²) in [6, 6.07) is 10.7. The fourth-order valence-electron chi connectivity index (χ4n) is 2.22. The van der Waals surface area contributed by atoms with Crippen LogP contribution in [-0.4, -0.2) is 34.1 Å². The molecule has 0 aliphatic rings. The maximum Gasteiger partial charge on any atom is 0.441 e. The number of benzene rings is 2. The van der Waals surface area contributed by atoms with Gasteiger partial charge < -0.3 is 10.1 Å².